The summed E-state index contributed by atoms with van der Waals surface area (Å²) in [6.45, 7) is 4.11. The number of nitrogens with one attached hydrogen (secondary N) is 2. The van der Waals surface area contributed by atoms with Crippen molar-refractivity contribution in [3.05, 3.63) is 33.8 Å². The van der Waals surface area contributed by atoms with Gasteiger partial charge in [-0.1, -0.05) is 27.7 Å². The van der Waals surface area contributed by atoms with E-state index >= 15 is 0 Å². The number of aromatic nitrogens is 2. The molecule has 7 heteroatoms. The molecule has 0 bridgehead atoms. The molecule has 0 radical (unpaired) electrons. The van der Waals surface area contributed by atoms with E-state index in [1.165, 1.54) is 11.8 Å². The van der Waals surface area contributed by atoms with Gasteiger partial charge in [0.05, 0.1) is 0 Å². The van der Waals surface area contributed by atoms with Gasteiger partial charge in [0.15, 0.2) is 5.16 Å². The molecule has 4 N–H and O–H groups in total. The molecule has 1 aromatic carbocycles. The van der Waals surface area contributed by atoms with Crippen molar-refractivity contribution >= 4 is 45.0 Å². The van der Waals surface area contributed by atoms with Gasteiger partial charge in [-0.05, 0) is 43.4 Å². The van der Waals surface area contributed by atoms with Crippen LogP contribution >= 0.6 is 27.7 Å². The fourth-order valence-corrected chi connectivity index (χ4v) is 2.96. The average Bonchev–Trinajstić information content (AvgIpc) is 2.42. The minimum Gasteiger partial charge on any atom is -0.340 e. The SMILES string of the molecule is CSc1nc(NN)cc(Nc2c(C)cc(Br)cc2C)n1. The van der Waals surface area contributed by atoms with Crippen LogP contribution in [0.5, 0.6) is 0 Å². The highest BCUT2D eigenvalue weighted by molar-refractivity contribution is 9.10. The number of benzene rings is 1. The molecule has 2 rings (SSSR count). The smallest absolute Gasteiger partial charge is 0.191 e. The lowest BCUT2D eigenvalue weighted by Crippen LogP contribution is -2.10. The van der Waals surface area contributed by atoms with Crippen molar-refractivity contribution in [1.29, 1.82) is 0 Å². The summed E-state index contributed by atoms with van der Waals surface area (Å²) in [7, 11) is 0. The monoisotopic (exact) mass is 353 g/mol. The maximum atomic E-state index is 5.43. The van der Waals surface area contributed by atoms with Gasteiger partial charge in [0.2, 0.25) is 0 Å². The first kappa shape index (κ1) is 15.1. The number of thioether (sulfide) groups is 1. The fraction of sp³-hybridized carbons (Fsp3) is 0.231. The van der Waals surface area contributed by atoms with Crippen molar-refractivity contribution < 1.29 is 0 Å². The number of hydrogen-bond donors (Lipinski definition) is 3. The lowest BCUT2D eigenvalue weighted by Gasteiger charge is -2.14. The largest absolute Gasteiger partial charge is 0.340 e. The highest BCUT2D eigenvalue weighted by Crippen LogP contribution is 2.28. The maximum Gasteiger partial charge on any atom is 0.191 e. The van der Waals surface area contributed by atoms with Crippen molar-refractivity contribution in [3.63, 3.8) is 0 Å². The zero-order valence-corrected chi connectivity index (χ0v) is 13.9. The maximum absolute atomic E-state index is 5.43. The summed E-state index contributed by atoms with van der Waals surface area (Å²) in [5.41, 5.74) is 5.88. The van der Waals surface area contributed by atoms with Gasteiger partial charge < -0.3 is 10.7 Å². The zero-order valence-electron chi connectivity index (χ0n) is 11.5. The Morgan fingerprint density at radius 3 is 2.25 bits per heavy atom. The van der Waals surface area contributed by atoms with Crippen LogP contribution in [-0.2, 0) is 0 Å². The molecule has 0 aliphatic carbocycles. The molecular formula is C13H16BrN5S. The van der Waals surface area contributed by atoms with Crippen molar-refractivity contribution in [3.8, 4) is 0 Å². The van der Waals surface area contributed by atoms with Crippen LogP contribution < -0.4 is 16.6 Å². The summed E-state index contributed by atoms with van der Waals surface area (Å²) in [4.78, 5) is 8.67. The highest BCUT2D eigenvalue weighted by atomic mass is 79.9. The molecule has 0 aliphatic heterocycles. The van der Waals surface area contributed by atoms with E-state index in [4.69, 9.17) is 5.84 Å². The molecule has 0 saturated heterocycles. The van der Waals surface area contributed by atoms with E-state index in [1.54, 1.807) is 6.07 Å². The fourth-order valence-electron chi connectivity index (χ4n) is 1.89. The molecule has 0 fully saturated rings. The van der Waals surface area contributed by atoms with Gasteiger partial charge in [0, 0.05) is 16.2 Å². The van der Waals surface area contributed by atoms with Gasteiger partial charge in [-0.3, -0.25) is 0 Å². The van der Waals surface area contributed by atoms with Crippen LogP contribution in [0.15, 0.2) is 27.8 Å². The lowest BCUT2D eigenvalue weighted by molar-refractivity contribution is 0.970. The summed E-state index contributed by atoms with van der Waals surface area (Å²) in [5.74, 6) is 6.73. The quantitative estimate of drug-likeness (QED) is 0.337. The van der Waals surface area contributed by atoms with E-state index in [0.29, 0.717) is 16.8 Å². The van der Waals surface area contributed by atoms with Gasteiger partial charge in [-0.15, -0.1) is 0 Å². The minimum absolute atomic E-state index is 0.583. The van der Waals surface area contributed by atoms with E-state index < -0.39 is 0 Å². The molecule has 1 aromatic heterocycles. The molecule has 0 aliphatic rings. The van der Waals surface area contributed by atoms with Gasteiger partial charge in [-0.25, -0.2) is 15.8 Å². The predicted octanol–water partition coefficient (Wildman–Crippen LogP) is 3.61. The molecule has 0 spiro atoms. The second kappa shape index (κ2) is 6.43. The summed E-state index contributed by atoms with van der Waals surface area (Å²) in [6.07, 6.45) is 1.93. The number of anilines is 3. The van der Waals surface area contributed by atoms with E-state index in [9.17, 15) is 0 Å². The van der Waals surface area contributed by atoms with Crippen molar-refractivity contribution in [1.82, 2.24) is 9.97 Å². The van der Waals surface area contributed by atoms with Crippen LogP contribution in [0, 0.1) is 13.8 Å². The normalized spacial score (nSPS) is 10.4. The lowest BCUT2D eigenvalue weighted by atomic mass is 10.1. The molecule has 0 atom stereocenters. The number of nitrogens with zero attached hydrogens (tertiary/aromatic N) is 2. The average molecular weight is 354 g/mol. The van der Waals surface area contributed by atoms with Crippen LogP contribution in [0.3, 0.4) is 0 Å². The Balaban J connectivity index is 2.39. The highest BCUT2D eigenvalue weighted by Gasteiger charge is 2.08. The number of halogens is 1. The topological polar surface area (TPSA) is 75.9 Å². The van der Waals surface area contributed by atoms with E-state index in [2.05, 4.69) is 62.6 Å². The van der Waals surface area contributed by atoms with Gasteiger partial charge in [0.1, 0.15) is 11.6 Å². The van der Waals surface area contributed by atoms with Crippen molar-refractivity contribution in [2.45, 2.75) is 19.0 Å². The Morgan fingerprint density at radius 2 is 1.70 bits per heavy atom. The number of nitrogens with two attached hydrogens (primary N) is 1. The first-order valence-electron chi connectivity index (χ1n) is 5.97. The molecule has 20 heavy (non-hydrogen) atoms. The van der Waals surface area contributed by atoms with Crippen LogP contribution in [0.2, 0.25) is 0 Å². The summed E-state index contributed by atoms with van der Waals surface area (Å²) in [5, 5.41) is 4.00. The minimum atomic E-state index is 0.583. The molecule has 0 saturated carbocycles. The molecule has 5 nitrogen and oxygen atoms in total. The van der Waals surface area contributed by atoms with Crippen LogP contribution in [0.4, 0.5) is 17.3 Å². The van der Waals surface area contributed by atoms with Gasteiger partial charge in [-0.2, -0.15) is 0 Å². The Labute approximate surface area is 130 Å². The van der Waals surface area contributed by atoms with E-state index in [1.807, 2.05) is 6.26 Å². The molecule has 1 heterocycles. The Kier molecular flexibility index (Phi) is 4.85. The third-order valence-electron chi connectivity index (χ3n) is 2.79. The Bertz CT molecular complexity index is 587. The molecule has 106 valence electrons. The van der Waals surface area contributed by atoms with E-state index in [-0.39, 0.29) is 0 Å². The molecular weight excluding hydrogens is 338 g/mol. The first-order valence-corrected chi connectivity index (χ1v) is 7.98. The van der Waals surface area contributed by atoms with Crippen LogP contribution in [0.1, 0.15) is 11.1 Å². The number of aryl methyl sites for hydroxylation is 2. The standard InChI is InChI=1S/C13H16BrN5S/c1-7-4-9(14)5-8(2)12(7)16-10-6-11(19-15)18-13(17-10)20-3/h4-6H,15H2,1-3H3,(H2,16,17,18,19). The first-order chi connectivity index (χ1) is 9.53. The second-order valence-corrected chi connectivity index (χ2v) is 6.00. The third-order valence-corrected chi connectivity index (χ3v) is 3.79. The van der Waals surface area contributed by atoms with Gasteiger partial charge >= 0.3 is 0 Å². The van der Waals surface area contributed by atoms with E-state index in [0.717, 1.165) is 21.3 Å². The zero-order chi connectivity index (χ0) is 14.7. The second-order valence-electron chi connectivity index (χ2n) is 4.31. The molecule has 0 amide bonds. The summed E-state index contributed by atoms with van der Waals surface area (Å²) < 4.78 is 1.06. The molecule has 0 unspecified atom stereocenters. The van der Waals surface area contributed by atoms with Gasteiger partial charge in [0.25, 0.3) is 0 Å². The third kappa shape index (κ3) is 3.41. The van der Waals surface area contributed by atoms with Crippen LogP contribution in [-0.4, -0.2) is 16.2 Å². The predicted molar refractivity (Wildman–Crippen MR) is 88.5 cm³/mol. The van der Waals surface area contributed by atoms with Crippen LogP contribution in [0.25, 0.3) is 0 Å². The molecule has 2 aromatic rings. The van der Waals surface area contributed by atoms with Crippen molar-refractivity contribution in [2.24, 2.45) is 5.84 Å². The number of hydrogen-bond acceptors (Lipinski definition) is 6. The number of rotatable bonds is 4. The van der Waals surface area contributed by atoms with Crippen molar-refractivity contribution in [2.75, 3.05) is 17.0 Å². The number of hydrazine groups is 1. The Hall–Kier alpha value is -1.31. The Morgan fingerprint density at radius 1 is 1.10 bits per heavy atom. The summed E-state index contributed by atoms with van der Waals surface area (Å²) in [6, 6.07) is 5.91. The number of nitrogen functional groups attached to an aromatic ring is 1. The summed E-state index contributed by atoms with van der Waals surface area (Å²) >= 11 is 4.96.